The maximum Gasteiger partial charge on any atom is 0.332 e. The first-order valence-corrected chi connectivity index (χ1v) is 6.83. The predicted molar refractivity (Wildman–Crippen MR) is 74.9 cm³/mol. The van der Waals surface area contributed by atoms with E-state index in [0.717, 1.165) is 25.9 Å². The summed E-state index contributed by atoms with van der Waals surface area (Å²) < 4.78 is 4.87. The minimum Gasteiger partial charge on any atom is -0.478 e. The number of nitrogens with one attached hydrogen (secondary N) is 1. The molecule has 0 saturated carbocycles. The molecule has 2 heterocycles. The van der Waals surface area contributed by atoms with Crippen molar-refractivity contribution in [3.63, 3.8) is 0 Å². The minimum atomic E-state index is -0.966. The van der Waals surface area contributed by atoms with Gasteiger partial charge in [-0.25, -0.2) is 4.79 Å². The molecule has 1 saturated heterocycles. The number of hydrogen-bond acceptors (Lipinski definition) is 5. The zero-order chi connectivity index (χ0) is 15.4. The summed E-state index contributed by atoms with van der Waals surface area (Å²) in [5.41, 5.74) is 0.477. The molecule has 7 nitrogen and oxygen atoms in total. The van der Waals surface area contributed by atoms with Crippen LogP contribution in [0, 0.1) is 6.92 Å². The van der Waals surface area contributed by atoms with Gasteiger partial charge >= 0.3 is 5.97 Å². The van der Waals surface area contributed by atoms with Crippen molar-refractivity contribution in [3.05, 3.63) is 29.7 Å². The topological polar surface area (TPSA) is 95.7 Å². The van der Waals surface area contributed by atoms with Crippen LogP contribution in [-0.2, 0) is 4.79 Å². The largest absolute Gasteiger partial charge is 0.478 e. The number of piperidine rings is 1. The van der Waals surface area contributed by atoms with Gasteiger partial charge in [-0.2, -0.15) is 0 Å². The minimum absolute atomic E-state index is 0.0730. The van der Waals surface area contributed by atoms with Crippen molar-refractivity contribution in [2.45, 2.75) is 25.8 Å². The Labute approximate surface area is 122 Å². The Balaban J connectivity index is 1.78. The highest BCUT2D eigenvalue weighted by molar-refractivity contribution is 5.92. The van der Waals surface area contributed by atoms with Gasteiger partial charge in [0, 0.05) is 37.3 Å². The van der Waals surface area contributed by atoms with Crippen LogP contribution in [0.25, 0.3) is 0 Å². The van der Waals surface area contributed by atoms with E-state index >= 15 is 0 Å². The fourth-order valence-electron chi connectivity index (χ4n) is 2.31. The fourth-order valence-corrected chi connectivity index (χ4v) is 2.31. The smallest absolute Gasteiger partial charge is 0.332 e. The quantitative estimate of drug-likeness (QED) is 0.780. The maximum absolute atomic E-state index is 11.9. The van der Waals surface area contributed by atoms with Crippen LogP contribution in [0.2, 0.25) is 0 Å². The van der Waals surface area contributed by atoms with Gasteiger partial charge in [0.05, 0.1) is 0 Å². The van der Waals surface area contributed by atoms with Crippen LogP contribution in [-0.4, -0.2) is 52.7 Å². The van der Waals surface area contributed by atoms with E-state index in [-0.39, 0.29) is 23.2 Å². The van der Waals surface area contributed by atoms with Crippen LogP contribution >= 0.6 is 0 Å². The molecule has 1 aromatic rings. The molecule has 0 radical (unpaired) electrons. The third kappa shape index (κ3) is 4.16. The molecule has 0 spiro atoms. The summed E-state index contributed by atoms with van der Waals surface area (Å²) in [5, 5.41) is 15.4. The van der Waals surface area contributed by atoms with E-state index in [0.29, 0.717) is 12.3 Å². The number of aliphatic carboxylic acids is 1. The van der Waals surface area contributed by atoms with E-state index in [1.54, 1.807) is 13.0 Å². The number of carboxylic acid groups (broad SMARTS) is 1. The van der Waals surface area contributed by atoms with Gasteiger partial charge < -0.3 is 14.9 Å². The predicted octanol–water partition coefficient (Wildman–Crippen LogP) is 0.818. The first kappa shape index (κ1) is 15.2. The molecular formula is C14H19N3O4. The second-order valence-corrected chi connectivity index (χ2v) is 5.26. The highest BCUT2D eigenvalue weighted by Crippen LogP contribution is 2.12. The Hall–Kier alpha value is -2.15. The van der Waals surface area contributed by atoms with Gasteiger partial charge in [-0.05, 0) is 19.8 Å². The number of carbonyl (C=O) groups is 2. The zero-order valence-corrected chi connectivity index (χ0v) is 12.0. The Bertz CT molecular complexity index is 544. The average Bonchev–Trinajstić information content (AvgIpc) is 2.87. The van der Waals surface area contributed by atoms with E-state index in [4.69, 9.17) is 9.63 Å². The number of aromatic nitrogens is 1. The molecule has 1 fully saturated rings. The lowest BCUT2D eigenvalue weighted by molar-refractivity contribution is -0.132. The van der Waals surface area contributed by atoms with Gasteiger partial charge in [0.15, 0.2) is 5.69 Å². The molecule has 2 N–H and O–H groups in total. The van der Waals surface area contributed by atoms with Crippen molar-refractivity contribution in [1.82, 2.24) is 15.4 Å². The first-order chi connectivity index (χ1) is 9.95. The summed E-state index contributed by atoms with van der Waals surface area (Å²) in [6.07, 6.45) is 1.55. The highest BCUT2D eigenvalue weighted by atomic mass is 16.5. The summed E-state index contributed by atoms with van der Waals surface area (Å²) in [6.45, 7) is 7.08. The van der Waals surface area contributed by atoms with Gasteiger partial charge in [-0.3, -0.25) is 9.69 Å². The fraction of sp³-hybridized carbons (Fsp3) is 0.500. The van der Waals surface area contributed by atoms with E-state index in [9.17, 15) is 9.59 Å². The van der Waals surface area contributed by atoms with Crippen molar-refractivity contribution in [3.8, 4) is 0 Å². The number of hydrogen-bond donors (Lipinski definition) is 2. The van der Waals surface area contributed by atoms with Crippen LogP contribution in [0.5, 0.6) is 0 Å². The zero-order valence-electron chi connectivity index (χ0n) is 12.0. The van der Waals surface area contributed by atoms with Crippen molar-refractivity contribution in [2.75, 3.05) is 19.6 Å². The maximum atomic E-state index is 11.9. The van der Waals surface area contributed by atoms with E-state index in [1.165, 1.54) is 0 Å². The van der Waals surface area contributed by atoms with Crippen LogP contribution in [0.4, 0.5) is 0 Å². The van der Waals surface area contributed by atoms with E-state index in [1.807, 2.05) is 4.90 Å². The molecular weight excluding hydrogens is 274 g/mol. The van der Waals surface area contributed by atoms with Crippen LogP contribution in [0.3, 0.4) is 0 Å². The van der Waals surface area contributed by atoms with Crippen LogP contribution < -0.4 is 5.32 Å². The molecule has 0 bridgehead atoms. The normalized spacial score (nSPS) is 16.6. The third-order valence-corrected chi connectivity index (χ3v) is 3.50. The summed E-state index contributed by atoms with van der Waals surface area (Å²) in [4.78, 5) is 24.7. The number of likely N-dealkylation sites (tertiary alicyclic amines) is 1. The van der Waals surface area contributed by atoms with Crippen molar-refractivity contribution >= 4 is 11.9 Å². The van der Waals surface area contributed by atoms with Crippen molar-refractivity contribution in [2.24, 2.45) is 0 Å². The monoisotopic (exact) mass is 293 g/mol. The van der Waals surface area contributed by atoms with Gasteiger partial charge in [0.1, 0.15) is 5.76 Å². The molecule has 114 valence electrons. The van der Waals surface area contributed by atoms with Gasteiger partial charge in [0.25, 0.3) is 5.91 Å². The lowest BCUT2D eigenvalue weighted by Crippen LogP contribution is -2.45. The molecule has 1 aromatic heterocycles. The van der Waals surface area contributed by atoms with E-state index in [2.05, 4.69) is 17.1 Å². The SMILES string of the molecule is C=C(CN1CCC(NC(=O)c2cc(C)on2)CC1)C(=O)O. The Morgan fingerprint density at radius 2 is 2.19 bits per heavy atom. The Kier molecular flexibility index (Phi) is 4.74. The van der Waals surface area contributed by atoms with Crippen LogP contribution in [0.15, 0.2) is 22.7 Å². The summed E-state index contributed by atoms with van der Waals surface area (Å²) in [7, 11) is 0. The van der Waals surface area contributed by atoms with Gasteiger partial charge in [-0.1, -0.05) is 11.7 Å². The molecule has 1 aliphatic heterocycles. The highest BCUT2D eigenvalue weighted by Gasteiger charge is 2.23. The molecule has 0 aliphatic carbocycles. The lowest BCUT2D eigenvalue weighted by atomic mass is 10.0. The number of rotatable bonds is 5. The van der Waals surface area contributed by atoms with Crippen molar-refractivity contribution < 1.29 is 19.2 Å². The molecule has 7 heteroatoms. The summed E-state index contributed by atoms with van der Waals surface area (Å²) in [5.74, 6) is -0.603. The molecule has 1 amide bonds. The van der Waals surface area contributed by atoms with Gasteiger partial charge in [-0.15, -0.1) is 0 Å². The molecule has 21 heavy (non-hydrogen) atoms. The lowest BCUT2D eigenvalue weighted by Gasteiger charge is -2.32. The molecule has 0 aromatic carbocycles. The molecule has 2 rings (SSSR count). The second kappa shape index (κ2) is 6.53. The number of carboxylic acids is 1. The number of nitrogens with zero attached hydrogens (tertiary/aromatic N) is 2. The number of carbonyl (C=O) groups excluding carboxylic acids is 1. The Morgan fingerprint density at radius 3 is 2.71 bits per heavy atom. The van der Waals surface area contributed by atoms with Crippen LogP contribution in [0.1, 0.15) is 29.1 Å². The average molecular weight is 293 g/mol. The number of aryl methyl sites for hydroxylation is 1. The number of amides is 1. The van der Waals surface area contributed by atoms with Gasteiger partial charge in [0.2, 0.25) is 0 Å². The van der Waals surface area contributed by atoms with E-state index < -0.39 is 5.97 Å². The standard InChI is InChI=1S/C14H19N3O4/c1-9(14(19)20)8-17-5-3-11(4-6-17)15-13(18)12-7-10(2)21-16-12/h7,11H,1,3-6,8H2,2H3,(H,15,18)(H,19,20). The summed E-state index contributed by atoms with van der Waals surface area (Å²) >= 11 is 0. The molecule has 0 unspecified atom stereocenters. The molecule has 1 aliphatic rings. The Morgan fingerprint density at radius 1 is 1.52 bits per heavy atom. The van der Waals surface area contributed by atoms with Crippen molar-refractivity contribution in [1.29, 1.82) is 0 Å². The first-order valence-electron chi connectivity index (χ1n) is 6.83. The molecule has 0 atom stereocenters. The second-order valence-electron chi connectivity index (χ2n) is 5.26. The third-order valence-electron chi connectivity index (χ3n) is 3.50. The summed E-state index contributed by atoms with van der Waals surface area (Å²) in [6, 6.07) is 1.67.